The van der Waals surface area contributed by atoms with E-state index in [1.54, 1.807) is 18.3 Å². The van der Waals surface area contributed by atoms with Gasteiger partial charge in [0.2, 0.25) is 5.88 Å². The Kier molecular flexibility index (Phi) is 4.59. The lowest BCUT2D eigenvalue weighted by Crippen LogP contribution is -2.25. The second-order valence-electron chi connectivity index (χ2n) is 6.23. The molecular formula is C19H18N4O3. The van der Waals surface area contributed by atoms with E-state index < -0.39 is 0 Å². The molecule has 1 aliphatic rings. The Hall–Kier alpha value is -3.22. The zero-order valence-electron chi connectivity index (χ0n) is 14.1. The second-order valence-corrected chi connectivity index (χ2v) is 6.23. The largest absolute Gasteiger partial charge is 0.473 e. The first-order chi connectivity index (χ1) is 12.8. The van der Waals surface area contributed by atoms with E-state index in [4.69, 9.17) is 9.26 Å². The van der Waals surface area contributed by atoms with Crippen LogP contribution in [0.3, 0.4) is 0 Å². The molecule has 1 fully saturated rings. The average molecular weight is 350 g/mol. The predicted octanol–water partition coefficient (Wildman–Crippen LogP) is 2.85. The van der Waals surface area contributed by atoms with Gasteiger partial charge in [0, 0.05) is 25.0 Å². The van der Waals surface area contributed by atoms with Crippen LogP contribution in [0.1, 0.15) is 28.8 Å². The minimum Gasteiger partial charge on any atom is -0.473 e. The number of carbonyl (C=O) groups is 1. The Balaban J connectivity index is 1.36. The van der Waals surface area contributed by atoms with Crippen molar-refractivity contribution in [3.8, 4) is 17.3 Å². The zero-order valence-corrected chi connectivity index (χ0v) is 14.1. The van der Waals surface area contributed by atoms with Crippen LogP contribution in [-0.2, 0) is 6.61 Å². The molecule has 0 unspecified atom stereocenters. The highest BCUT2D eigenvalue weighted by Crippen LogP contribution is 2.27. The van der Waals surface area contributed by atoms with E-state index in [1.165, 1.54) is 25.3 Å². The summed E-state index contributed by atoms with van der Waals surface area (Å²) in [4.78, 5) is 20.5. The molecule has 0 spiro atoms. The summed E-state index contributed by atoms with van der Waals surface area (Å²) in [5.74, 6) is 0.968. The third-order valence-corrected chi connectivity index (χ3v) is 4.17. The van der Waals surface area contributed by atoms with E-state index in [-0.39, 0.29) is 12.5 Å². The average Bonchev–Trinajstić information content (AvgIpc) is 3.41. The number of ether oxygens (including phenoxy) is 1. The van der Waals surface area contributed by atoms with Gasteiger partial charge in [0.15, 0.2) is 0 Å². The Labute approximate surface area is 150 Å². The van der Waals surface area contributed by atoms with Crippen LogP contribution in [0.4, 0.5) is 0 Å². The van der Waals surface area contributed by atoms with Gasteiger partial charge in [-0.2, -0.15) is 0 Å². The fraction of sp³-hybridized carbons (Fsp3) is 0.263. The molecule has 0 saturated heterocycles. The topological polar surface area (TPSA) is 90.1 Å². The van der Waals surface area contributed by atoms with Crippen molar-refractivity contribution in [2.24, 2.45) is 5.92 Å². The normalized spacial score (nSPS) is 13.4. The molecule has 132 valence electrons. The van der Waals surface area contributed by atoms with Gasteiger partial charge < -0.3 is 14.6 Å². The fourth-order valence-corrected chi connectivity index (χ4v) is 2.49. The lowest BCUT2D eigenvalue weighted by molar-refractivity contribution is 0.0951. The minimum atomic E-state index is -0.104. The maximum Gasteiger partial charge on any atom is 0.252 e. The van der Waals surface area contributed by atoms with Gasteiger partial charge in [-0.15, -0.1) is 0 Å². The smallest absolute Gasteiger partial charge is 0.252 e. The summed E-state index contributed by atoms with van der Waals surface area (Å²) in [6, 6.07) is 8.97. The maximum absolute atomic E-state index is 12.0. The Morgan fingerprint density at radius 2 is 2.15 bits per heavy atom. The van der Waals surface area contributed by atoms with Gasteiger partial charge in [0.05, 0.1) is 16.8 Å². The third kappa shape index (κ3) is 3.88. The number of carbonyl (C=O) groups excluding carboxylic acids is 1. The highest BCUT2D eigenvalue weighted by molar-refractivity contribution is 5.93. The van der Waals surface area contributed by atoms with E-state index in [9.17, 15) is 4.79 Å². The molecule has 7 heteroatoms. The molecule has 0 radical (unpaired) electrons. The summed E-state index contributed by atoms with van der Waals surface area (Å²) in [7, 11) is 0. The first-order valence-corrected chi connectivity index (χ1v) is 8.51. The number of nitrogens with zero attached hydrogens (tertiary/aromatic N) is 3. The van der Waals surface area contributed by atoms with Gasteiger partial charge in [0.25, 0.3) is 5.91 Å². The molecule has 1 N–H and O–H groups in total. The summed E-state index contributed by atoms with van der Waals surface area (Å²) < 4.78 is 10.7. The number of pyridine rings is 2. The summed E-state index contributed by atoms with van der Waals surface area (Å²) in [5.41, 5.74) is 2.66. The Bertz CT molecular complexity index is 873. The van der Waals surface area contributed by atoms with Gasteiger partial charge in [-0.3, -0.25) is 9.78 Å². The molecule has 0 bridgehead atoms. The van der Waals surface area contributed by atoms with Crippen molar-refractivity contribution >= 4 is 5.91 Å². The zero-order chi connectivity index (χ0) is 17.8. The minimum absolute atomic E-state index is 0.104. The number of hydrogen-bond acceptors (Lipinski definition) is 6. The van der Waals surface area contributed by atoms with Crippen LogP contribution in [-0.4, -0.2) is 27.6 Å². The van der Waals surface area contributed by atoms with E-state index >= 15 is 0 Å². The molecule has 0 aromatic carbocycles. The number of hydrogen-bond donors (Lipinski definition) is 1. The summed E-state index contributed by atoms with van der Waals surface area (Å²) in [5, 5.41) is 6.90. The highest BCUT2D eigenvalue weighted by atomic mass is 16.5. The molecule has 1 aliphatic carbocycles. The first kappa shape index (κ1) is 16.3. The van der Waals surface area contributed by atoms with Crippen molar-refractivity contribution in [2.45, 2.75) is 19.4 Å². The van der Waals surface area contributed by atoms with Crippen LogP contribution in [0.15, 0.2) is 53.5 Å². The highest BCUT2D eigenvalue weighted by Gasteiger charge is 2.22. The van der Waals surface area contributed by atoms with E-state index in [1.807, 2.05) is 18.2 Å². The van der Waals surface area contributed by atoms with E-state index in [0.29, 0.717) is 23.1 Å². The molecule has 3 aromatic rings. The van der Waals surface area contributed by atoms with Gasteiger partial charge in [0.1, 0.15) is 18.6 Å². The molecule has 3 aromatic heterocycles. The lowest BCUT2D eigenvalue weighted by atomic mass is 10.2. The SMILES string of the molecule is O=C(NCC1CC1)c1ccc(OCc2conc2-c2ccccn2)nc1. The third-order valence-electron chi connectivity index (χ3n) is 4.17. The number of amides is 1. The molecule has 1 amide bonds. The maximum atomic E-state index is 12.0. The molecule has 26 heavy (non-hydrogen) atoms. The number of rotatable bonds is 7. The van der Waals surface area contributed by atoms with Crippen LogP contribution in [0.25, 0.3) is 11.4 Å². The Morgan fingerprint density at radius 1 is 1.23 bits per heavy atom. The van der Waals surface area contributed by atoms with Crippen LogP contribution < -0.4 is 10.1 Å². The van der Waals surface area contributed by atoms with Crippen LogP contribution in [0.5, 0.6) is 5.88 Å². The summed E-state index contributed by atoms with van der Waals surface area (Å²) >= 11 is 0. The van der Waals surface area contributed by atoms with Crippen molar-refractivity contribution in [3.05, 3.63) is 60.1 Å². The van der Waals surface area contributed by atoms with Crippen LogP contribution in [0.2, 0.25) is 0 Å². The van der Waals surface area contributed by atoms with E-state index in [0.717, 1.165) is 17.8 Å². The molecule has 0 aliphatic heterocycles. The van der Waals surface area contributed by atoms with Crippen LogP contribution in [0, 0.1) is 5.92 Å². The summed E-state index contributed by atoms with van der Waals surface area (Å²) in [6.07, 6.45) is 7.15. The van der Waals surface area contributed by atoms with E-state index in [2.05, 4.69) is 20.4 Å². The van der Waals surface area contributed by atoms with Gasteiger partial charge in [-0.05, 0) is 37.0 Å². The molecule has 7 nitrogen and oxygen atoms in total. The number of aromatic nitrogens is 3. The molecule has 4 rings (SSSR count). The molecular weight excluding hydrogens is 332 g/mol. The van der Waals surface area contributed by atoms with Gasteiger partial charge in [-0.1, -0.05) is 11.2 Å². The number of nitrogens with one attached hydrogen (secondary N) is 1. The quantitative estimate of drug-likeness (QED) is 0.705. The van der Waals surface area contributed by atoms with Crippen molar-refractivity contribution < 1.29 is 14.1 Å². The first-order valence-electron chi connectivity index (χ1n) is 8.51. The fourth-order valence-electron chi connectivity index (χ4n) is 2.49. The van der Waals surface area contributed by atoms with Gasteiger partial charge in [-0.25, -0.2) is 4.98 Å². The standard InChI is InChI=1S/C19H18N4O3/c24-19(22-9-13-4-5-13)14-6-7-17(21-10-14)25-11-15-12-26-23-18(15)16-3-1-2-8-20-16/h1-3,6-8,10,12-13H,4-5,9,11H2,(H,22,24). The summed E-state index contributed by atoms with van der Waals surface area (Å²) in [6.45, 7) is 0.983. The molecule has 3 heterocycles. The molecule has 1 saturated carbocycles. The van der Waals surface area contributed by atoms with Crippen molar-refractivity contribution in [1.29, 1.82) is 0 Å². The van der Waals surface area contributed by atoms with Gasteiger partial charge >= 0.3 is 0 Å². The van der Waals surface area contributed by atoms with Crippen LogP contribution >= 0.6 is 0 Å². The Morgan fingerprint density at radius 3 is 2.88 bits per heavy atom. The lowest BCUT2D eigenvalue weighted by Gasteiger charge is -2.06. The second kappa shape index (κ2) is 7.35. The monoisotopic (exact) mass is 350 g/mol. The van der Waals surface area contributed by atoms with Crippen molar-refractivity contribution in [1.82, 2.24) is 20.4 Å². The van der Waals surface area contributed by atoms with Crippen molar-refractivity contribution in [2.75, 3.05) is 6.54 Å². The molecule has 0 atom stereocenters. The predicted molar refractivity (Wildman–Crippen MR) is 93.4 cm³/mol. The van der Waals surface area contributed by atoms with Crippen molar-refractivity contribution in [3.63, 3.8) is 0 Å².